The van der Waals surface area contributed by atoms with Gasteiger partial charge in [0.2, 0.25) is 0 Å². The third-order valence-electron chi connectivity index (χ3n) is 1.27. The van der Waals surface area contributed by atoms with E-state index >= 15 is 0 Å². The molecule has 0 radical (unpaired) electrons. The first-order valence-electron chi connectivity index (χ1n) is 4.67. The van der Waals surface area contributed by atoms with Gasteiger partial charge in [0.1, 0.15) is 6.29 Å². The highest BCUT2D eigenvalue weighted by Crippen LogP contribution is 1.93. The van der Waals surface area contributed by atoms with Crippen LogP contribution in [0.1, 0.15) is 33.1 Å². The Morgan fingerprint density at radius 3 is 2.31 bits per heavy atom. The van der Waals surface area contributed by atoms with Crippen LogP contribution in [0.2, 0.25) is 0 Å². The van der Waals surface area contributed by atoms with Crippen molar-refractivity contribution in [1.29, 1.82) is 0 Å². The number of carbonyl (C=O) groups is 1. The zero-order chi connectivity index (χ0) is 10.4. The molecule has 0 unspecified atom stereocenters. The summed E-state index contributed by atoms with van der Waals surface area (Å²) in [6.07, 6.45) is 13.6. The first-order chi connectivity index (χ1) is 6.33. The smallest absolute Gasteiger partial charge is 0.142 e. The van der Waals surface area contributed by atoms with Crippen LogP contribution in [0.15, 0.2) is 37.0 Å². The molecule has 0 spiro atoms. The van der Waals surface area contributed by atoms with Gasteiger partial charge in [0.25, 0.3) is 0 Å². The van der Waals surface area contributed by atoms with E-state index in [0.29, 0.717) is 0 Å². The second kappa shape index (κ2) is 17.1. The van der Waals surface area contributed by atoms with Crippen molar-refractivity contribution >= 4 is 6.29 Å². The van der Waals surface area contributed by atoms with Crippen molar-refractivity contribution in [1.82, 2.24) is 0 Å². The van der Waals surface area contributed by atoms with Crippen LogP contribution in [-0.2, 0) is 4.79 Å². The van der Waals surface area contributed by atoms with E-state index in [1.54, 1.807) is 13.0 Å². The molecule has 0 aliphatic heterocycles. The van der Waals surface area contributed by atoms with Crippen molar-refractivity contribution in [2.45, 2.75) is 33.1 Å². The minimum Gasteiger partial charge on any atom is -0.299 e. The predicted octanol–water partition coefficient (Wildman–Crippen LogP) is 3.68. The molecule has 0 aromatic rings. The van der Waals surface area contributed by atoms with Crippen LogP contribution in [0.3, 0.4) is 0 Å². The Kier molecular flexibility index (Phi) is 19.0. The van der Waals surface area contributed by atoms with E-state index in [1.807, 2.05) is 12.2 Å². The average molecular weight is 180 g/mol. The van der Waals surface area contributed by atoms with Gasteiger partial charge >= 0.3 is 0 Å². The Bertz CT molecular complexity index is 155. The standard InChI is InChI=1S/C8H14.C4H6O/c1-3-5-7-8-6-4-2;1-2-3-4-5/h3,5,7H,1,4,6,8H2,2H3;2-4H,1H3. The Morgan fingerprint density at radius 2 is 2.00 bits per heavy atom. The molecule has 0 aromatic heterocycles. The molecular weight excluding hydrogens is 160 g/mol. The minimum absolute atomic E-state index is 0.750. The summed E-state index contributed by atoms with van der Waals surface area (Å²) in [5.41, 5.74) is 0. The molecule has 0 fully saturated rings. The summed E-state index contributed by atoms with van der Waals surface area (Å²) in [5.74, 6) is 0. The number of aldehydes is 1. The zero-order valence-electron chi connectivity index (χ0n) is 8.70. The zero-order valence-corrected chi connectivity index (χ0v) is 8.70. The highest BCUT2D eigenvalue weighted by molar-refractivity contribution is 5.64. The van der Waals surface area contributed by atoms with Crippen LogP contribution in [0.4, 0.5) is 0 Å². The van der Waals surface area contributed by atoms with E-state index < -0.39 is 0 Å². The molecule has 0 aromatic carbocycles. The number of hydrogen-bond donors (Lipinski definition) is 0. The summed E-state index contributed by atoms with van der Waals surface area (Å²) < 4.78 is 0. The van der Waals surface area contributed by atoms with Crippen LogP contribution >= 0.6 is 0 Å². The monoisotopic (exact) mass is 180 g/mol. The fraction of sp³-hybridized carbons (Fsp3) is 0.417. The van der Waals surface area contributed by atoms with Gasteiger partial charge in [-0.1, -0.05) is 50.6 Å². The van der Waals surface area contributed by atoms with Gasteiger partial charge in [-0.2, -0.15) is 0 Å². The van der Waals surface area contributed by atoms with Gasteiger partial charge in [-0.3, -0.25) is 4.79 Å². The van der Waals surface area contributed by atoms with E-state index in [9.17, 15) is 4.79 Å². The van der Waals surface area contributed by atoms with E-state index in [-0.39, 0.29) is 0 Å². The Hall–Kier alpha value is -1.11. The third-order valence-corrected chi connectivity index (χ3v) is 1.27. The summed E-state index contributed by atoms with van der Waals surface area (Å²) in [5, 5.41) is 0. The first kappa shape index (κ1) is 14.4. The lowest BCUT2D eigenvalue weighted by atomic mass is 10.2. The van der Waals surface area contributed by atoms with Crippen LogP contribution in [0.5, 0.6) is 0 Å². The van der Waals surface area contributed by atoms with Gasteiger partial charge in [-0.05, 0) is 19.4 Å². The Labute approximate surface area is 81.9 Å². The Morgan fingerprint density at radius 1 is 1.31 bits per heavy atom. The quantitative estimate of drug-likeness (QED) is 0.273. The summed E-state index contributed by atoms with van der Waals surface area (Å²) >= 11 is 0. The van der Waals surface area contributed by atoms with E-state index in [0.717, 1.165) is 6.29 Å². The van der Waals surface area contributed by atoms with Crippen molar-refractivity contribution in [3.63, 3.8) is 0 Å². The number of rotatable bonds is 5. The van der Waals surface area contributed by atoms with Gasteiger partial charge in [0.15, 0.2) is 0 Å². The van der Waals surface area contributed by atoms with Gasteiger partial charge in [-0.15, -0.1) is 0 Å². The molecule has 0 rings (SSSR count). The molecule has 0 amide bonds. The predicted molar refractivity (Wildman–Crippen MR) is 59.7 cm³/mol. The molecule has 0 bridgehead atoms. The summed E-state index contributed by atoms with van der Waals surface area (Å²) in [4.78, 5) is 9.32. The highest BCUT2D eigenvalue weighted by Gasteiger charge is 1.73. The molecule has 13 heavy (non-hydrogen) atoms. The molecule has 0 aliphatic carbocycles. The van der Waals surface area contributed by atoms with Crippen molar-refractivity contribution in [3.8, 4) is 0 Å². The van der Waals surface area contributed by atoms with E-state index in [4.69, 9.17) is 0 Å². The maximum atomic E-state index is 9.32. The third kappa shape index (κ3) is 24.8. The van der Waals surface area contributed by atoms with Gasteiger partial charge < -0.3 is 0 Å². The molecule has 0 heterocycles. The lowest BCUT2D eigenvalue weighted by Gasteiger charge is -1.84. The molecular formula is C12H20O. The summed E-state index contributed by atoms with van der Waals surface area (Å²) in [6.45, 7) is 7.57. The van der Waals surface area contributed by atoms with Crippen LogP contribution < -0.4 is 0 Å². The highest BCUT2D eigenvalue weighted by atomic mass is 16.1. The SMILES string of the molecule is C=CC=CCCCC.CC=CC=O. The van der Waals surface area contributed by atoms with Crippen molar-refractivity contribution in [3.05, 3.63) is 37.0 Å². The fourth-order valence-electron chi connectivity index (χ4n) is 0.593. The molecule has 0 saturated carbocycles. The molecule has 0 aliphatic rings. The first-order valence-corrected chi connectivity index (χ1v) is 4.67. The normalized spacial score (nSPS) is 9.69. The average Bonchev–Trinajstić information content (AvgIpc) is 2.15. The number of allylic oxidation sites excluding steroid dienone is 5. The number of carbonyl (C=O) groups excluding carboxylic acids is 1. The summed E-state index contributed by atoms with van der Waals surface area (Å²) in [6, 6.07) is 0. The molecule has 1 nitrogen and oxygen atoms in total. The second-order valence-electron chi connectivity index (χ2n) is 2.47. The number of unbranched alkanes of at least 4 members (excludes halogenated alkanes) is 2. The fourth-order valence-corrected chi connectivity index (χ4v) is 0.593. The second-order valence-corrected chi connectivity index (χ2v) is 2.47. The van der Waals surface area contributed by atoms with Crippen LogP contribution in [-0.4, -0.2) is 6.29 Å². The molecule has 74 valence electrons. The van der Waals surface area contributed by atoms with Crippen molar-refractivity contribution in [2.75, 3.05) is 0 Å². The molecule has 0 N–H and O–H groups in total. The molecule has 1 heteroatoms. The maximum Gasteiger partial charge on any atom is 0.142 e. The van der Waals surface area contributed by atoms with Crippen LogP contribution in [0.25, 0.3) is 0 Å². The van der Waals surface area contributed by atoms with E-state index in [2.05, 4.69) is 19.6 Å². The van der Waals surface area contributed by atoms with Gasteiger partial charge in [0, 0.05) is 0 Å². The Balaban J connectivity index is 0. The maximum absolute atomic E-state index is 9.32. The molecule has 0 saturated heterocycles. The van der Waals surface area contributed by atoms with Crippen molar-refractivity contribution in [2.24, 2.45) is 0 Å². The van der Waals surface area contributed by atoms with E-state index in [1.165, 1.54) is 25.3 Å². The lowest BCUT2D eigenvalue weighted by Crippen LogP contribution is -1.64. The van der Waals surface area contributed by atoms with Crippen LogP contribution in [0, 0.1) is 0 Å². The van der Waals surface area contributed by atoms with Gasteiger partial charge in [-0.25, -0.2) is 0 Å². The minimum atomic E-state index is 0.750. The largest absolute Gasteiger partial charge is 0.299 e. The lowest BCUT2D eigenvalue weighted by molar-refractivity contribution is -0.104. The topological polar surface area (TPSA) is 17.1 Å². The van der Waals surface area contributed by atoms with Crippen molar-refractivity contribution < 1.29 is 4.79 Å². The number of hydrogen-bond acceptors (Lipinski definition) is 1. The van der Waals surface area contributed by atoms with Gasteiger partial charge in [0.05, 0.1) is 0 Å². The molecule has 0 atom stereocenters. The summed E-state index contributed by atoms with van der Waals surface area (Å²) in [7, 11) is 0.